The molecule has 0 radical (unpaired) electrons. The smallest absolute Gasteiger partial charge is 0.251 e. The Bertz CT molecular complexity index is 685. The lowest BCUT2D eigenvalue weighted by molar-refractivity contribution is 0.0945. The fraction of sp³-hybridized carbons (Fsp3) is 0.611. The Morgan fingerprint density at radius 1 is 1.08 bits per heavy atom. The molecule has 6 nitrogen and oxygen atoms in total. The molecular weight excluding hydrogens is 338 g/mol. The molecule has 1 N–H and O–H groups in total. The zero-order valence-electron chi connectivity index (χ0n) is 15.6. The molecule has 0 bridgehead atoms. The van der Waals surface area contributed by atoms with Crippen molar-refractivity contribution in [3.63, 3.8) is 0 Å². The summed E-state index contributed by atoms with van der Waals surface area (Å²) >= 11 is 0. The van der Waals surface area contributed by atoms with Gasteiger partial charge in [-0.3, -0.25) is 9.69 Å². The largest absolute Gasteiger partial charge is 0.351 e. The van der Waals surface area contributed by atoms with Crippen LogP contribution in [0.25, 0.3) is 0 Å². The number of hydrogen-bond donors (Lipinski definition) is 1. The van der Waals surface area contributed by atoms with Gasteiger partial charge in [-0.25, -0.2) is 8.42 Å². The number of hydrogen-bond acceptors (Lipinski definition) is 4. The van der Waals surface area contributed by atoms with E-state index < -0.39 is 10.0 Å². The second-order valence-electron chi connectivity index (χ2n) is 7.59. The third-order valence-corrected chi connectivity index (χ3v) is 5.83. The molecule has 140 valence electrons. The number of benzene rings is 1. The standard InChI is InChI=1S/C18H29N3O3S/c1-18(2,3)16-7-5-15(6-8-16)17(22)19-9-10-20-11-13-21(14-12-20)25(4,23)24/h5-8H,9-14H2,1-4H3,(H,19,22). The summed E-state index contributed by atoms with van der Waals surface area (Å²) in [5.74, 6) is -0.0739. The first-order chi connectivity index (χ1) is 11.6. The van der Waals surface area contributed by atoms with E-state index in [1.807, 2.05) is 24.3 Å². The van der Waals surface area contributed by atoms with Crippen LogP contribution in [0.1, 0.15) is 36.7 Å². The van der Waals surface area contributed by atoms with Crippen LogP contribution in [0.15, 0.2) is 24.3 Å². The van der Waals surface area contributed by atoms with E-state index >= 15 is 0 Å². The van der Waals surface area contributed by atoms with Gasteiger partial charge in [-0.2, -0.15) is 4.31 Å². The molecule has 1 aliphatic rings. The van der Waals surface area contributed by atoms with Crippen LogP contribution in [-0.4, -0.2) is 69.1 Å². The van der Waals surface area contributed by atoms with Crippen molar-refractivity contribution in [1.82, 2.24) is 14.5 Å². The lowest BCUT2D eigenvalue weighted by Gasteiger charge is -2.33. The Hall–Kier alpha value is -1.44. The van der Waals surface area contributed by atoms with Gasteiger partial charge >= 0.3 is 0 Å². The summed E-state index contributed by atoms with van der Waals surface area (Å²) in [4.78, 5) is 14.4. The highest BCUT2D eigenvalue weighted by atomic mass is 32.2. The van der Waals surface area contributed by atoms with Crippen molar-refractivity contribution in [1.29, 1.82) is 0 Å². The Kier molecular flexibility index (Phi) is 6.24. The molecule has 2 rings (SSSR count). The molecule has 25 heavy (non-hydrogen) atoms. The number of nitrogens with one attached hydrogen (secondary N) is 1. The first-order valence-corrected chi connectivity index (χ1v) is 10.5. The minimum absolute atomic E-state index is 0.0725. The maximum absolute atomic E-state index is 12.2. The lowest BCUT2D eigenvalue weighted by atomic mass is 9.87. The number of piperazine rings is 1. The van der Waals surface area contributed by atoms with Gasteiger partial charge in [0.05, 0.1) is 6.26 Å². The van der Waals surface area contributed by atoms with Gasteiger partial charge in [0.1, 0.15) is 0 Å². The molecule has 1 amide bonds. The molecule has 7 heteroatoms. The Balaban J connectivity index is 1.76. The van der Waals surface area contributed by atoms with Gasteiger partial charge < -0.3 is 5.32 Å². The molecular formula is C18H29N3O3S. The van der Waals surface area contributed by atoms with Crippen molar-refractivity contribution >= 4 is 15.9 Å². The maximum atomic E-state index is 12.2. The van der Waals surface area contributed by atoms with Crippen molar-refractivity contribution in [2.45, 2.75) is 26.2 Å². The number of amides is 1. The molecule has 0 aromatic heterocycles. The third kappa shape index (κ3) is 5.80. The monoisotopic (exact) mass is 367 g/mol. The van der Waals surface area contributed by atoms with Crippen molar-refractivity contribution in [2.24, 2.45) is 0 Å². The molecule has 1 fully saturated rings. The molecule has 0 spiro atoms. The second kappa shape index (κ2) is 7.85. The van der Waals surface area contributed by atoms with Gasteiger partial charge in [0.2, 0.25) is 10.0 Å². The average Bonchev–Trinajstić information content (AvgIpc) is 2.54. The summed E-state index contributed by atoms with van der Waals surface area (Å²) in [6, 6.07) is 7.72. The number of nitrogens with zero attached hydrogens (tertiary/aromatic N) is 2. The molecule has 1 saturated heterocycles. The lowest BCUT2D eigenvalue weighted by Crippen LogP contribution is -2.49. The van der Waals surface area contributed by atoms with Crippen LogP contribution < -0.4 is 5.32 Å². The number of rotatable bonds is 5. The van der Waals surface area contributed by atoms with E-state index in [0.717, 1.165) is 6.54 Å². The van der Waals surface area contributed by atoms with E-state index in [0.29, 0.717) is 38.3 Å². The first kappa shape index (κ1) is 19.9. The van der Waals surface area contributed by atoms with E-state index in [9.17, 15) is 13.2 Å². The predicted octanol–water partition coefficient (Wildman–Crippen LogP) is 1.29. The minimum atomic E-state index is -3.10. The Morgan fingerprint density at radius 2 is 1.64 bits per heavy atom. The van der Waals surface area contributed by atoms with Crippen molar-refractivity contribution in [2.75, 3.05) is 45.5 Å². The highest BCUT2D eigenvalue weighted by Gasteiger charge is 2.23. The zero-order chi connectivity index (χ0) is 18.7. The number of sulfonamides is 1. The SMILES string of the molecule is CC(C)(C)c1ccc(C(=O)NCCN2CCN(S(C)(=O)=O)CC2)cc1. The van der Waals surface area contributed by atoms with Crippen LogP contribution >= 0.6 is 0 Å². The highest BCUT2D eigenvalue weighted by molar-refractivity contribution is 7.88. The summed E-state index contributed by atoms with van der Waals surface area (Å²) in [7, 11) is -3.10. The van der Waals surface area contributed by atoms with Crippen LogP contribution in [0.4, 0.5) is 0 Å². The van der Waals surface area contributed by atoms with Crippen molar-refractivity contribution in [3.8, 4) is 0 Å². The Morgan fingerprint density at radius 3 is 2.12 bits per heavy atom. The molecule has 0 aliphatic carbocycles. The topological polar surface area (TPSA) is 69.7 Å². The summed E-state index contributed by atoms with van der Waals surface area (Å²) in [5.41, 5.74) is 1.94. The molecule has 1 aromatic rings. The first-order valence-electron chi connectivity index (χ1n) is 8.63. The molecule has 1 aliphatic heterocycles. The van der Waals surface area contributed by atoms with Crippen LogP contribution in [-0.2, 0) is 15.4 Å². The van der Waals surface area contributed by atoms with E-state index in [-0.39, 0.29) is 11.3 Å². The second-order valence-corrected chi connectivity index (χ2v) is 9.57. The minimum Gasteiger partial charge on any atom is -0.351 e. The number of carbonyl (C=O) groups is 1. The van der Waals surface area contributed by atoms with Crippen LogP contribution in [0.3, 0.4) is 0 Å². The van der Waals surface area contributed by atoms with Crippen molar-refractivity contribution < 1.29 is 13.2 Å². The van der Waals surface area contributed by atoms with Gasteiger partial charge in [0, 0.05) is 44.8 Å². The van der Waals surface area contributed by atoms with Gasteiger partial charge in [-0.1, -0.05) is 32.9 Å². The normalized spacial score (nSPS) is 17.4. The van der Waals surface area contributed by atoms with E-state index in [1.165, 1.54) is 16.1 Å². The quantitative estimate of drug-likeness (QED) is 0.851. The van der Waals surface area contributed by atoms with E-state index in [2.05, 4.69) is 31.0 Å². The highest BCUT2D eigenvalue weighted by Crippen LogP contribution is 2.22. The summed E-state index contributed by atoms with van der Waals surface area (Å²) in [5, 5.41) is 2.93. The average molecular weight is 368 g/mol. The summed E-state index contributed by atoms with van der Waals surface area (Å²) < 4.78 is 24.5. The summed E-state index contributed by atoms with van der Waals surface area (Å²) in [6.45, 7) is 10.1. The predicted molar refractivity (Wildman–Crippen MR) is 100 cm³/mol. The van der Waals surface area contributed by atoms with Gasteiger partial charge in [0.15, 0.2) is 0 Å². The zero-order valence-corrected chi connectivity index (χ0v) is 16.4. The van der Waals surface area contributed by atoms with Gasteiger partial charge in [0.25, 0.3) is 5.91 Å². The Labute approximate surface area is 151 Å². The molecule has 0 atom stereocenters. The molecule has 1 heterocycles. The molecule has 0 saturated carbocycles. The third-order valence-electron chi connectivity index (χ3n) is 4.53. The van der Waals surface area contributed by atoms with E-state index in [4.69, 9.17) is 0 Å². The van der Waals surface area contributed by atoms with Crippen LogP contribution in [0.5, 0.6) is 0 Å². The van der Waals surface area contributed by atoms with Crippen molar-refractivity contribution in [3.05, 3.63) is 35.4 Å². The van der Waals surface area contributed by atoms with Crippen LogP contribution in [0, 0.1) is 0 Å². The summed E-state index contributed by atoms with van der Waals surface area (Å²) in [6.07, 6.45) is 1.24. The molecule has 1 aromatic carbocycles. The number of carbonyl (C=O) groups excluding carboxylic acids is 1. The van der Waals surface area contributed by atoms with Crippen LogP contribution in [0.2, 0.25) is 0 Å². The van der Waals surface area contributed by atoms with E-state index in [1.54, 1.807) is 0 Å². The fourth-order valence-corrected chi connectivity index (χ4v) is 3.66. The molecule has 0 unspecified atom stereocenters. The maximum Gasteiger partial charge on any atom is 0.251 e. The van der Waals surface area contributed by atoms with Gasteiger partial charge in [-0.15, -0.1) is 0 Å². The van der Waals surface area contributed by atoms with Gasteiger partial charge in [-0.05, 0) is 23.1 Å². The fourth-order valence-electron chi connectivity index (χ4n) is 2.84.